The largest absolute Gasteiger partial charge is 0.297 e. The van der Waals surface area contributed by atoms with Gasteiger partial charge in [-0.1, -0.05) is 6.92 Å². The van der Waals surface area contributed by atoms with Crippen LogP contribution in [-0.4, -0.2) is 36.8 Å². The zero-order chi connectivity index (χ0) is 7.98. The first-order valence-corrected chi connectivity index (χ1v) is 3.80. The maximum Gasteiger partial charge on any atom is 0.251 e. The van der Waals surface area contributed by atoms with Crippen LogP contribution in [-0.2, 0) is 0 Å². The van der Waals surface area contributed by atoms with E-state index in [-0.39, 0.29) is 6.54 Å². The molecule has 0 aliphatic carbocycles. The molecule has 0 unspecified atom stereocenters. The summed E-state index contributed by atoms with van der Waals surface area (Å²) in [5.74, 6) is 0.417. The van der Waals surface area contributed by atoms with Crippen molar-refractivity contribution in [1.82, 2.24) is 4.90 Å². The highest BCUT2D eigenvalue weighted by Crippen LogP contribution is 1.97. The Morgan fingerprint density at radius 2 is 2.10 bits per heavy atom. The fourth-order valence-corrected chi connectivity index (χ4v) is 0.932. The molecule has 0 radical (unpaired) electrons. The molecule has 0 aliphatic rings. The van der Waals surface area contributed by atoms with Gasteiger partial charge in [0.25, 0.3) is 6.43 Å². The molecule has 0 aliphatic heterocycles. The number of hydrogen-bond acceptors (Lipinski definition) is 1. The zero-order valence-electron chi connectivity index (χ0n) is 5.99. The Balaban J connectivity index is 3.39. The molecule has 0 saturated carbocycles. The predicted octanol–water partition coefficient (Wildman–Crippen LogP) is 1.81. The van der Waals surface area contributed by atoms with E-state index in [2.05, 4.69) is 0 Å². The van der Waals surface area contributed by atoms with Crippen LogP contribution in [0.1, 0.15) is 6.92 Å². The van der Waals surface area contributed by atoms with E-state index in [0.29, 0.717) is 19.0 Å². The molecule has 0 bridgehead atoms. The summed E-state index contributed by atoms with van der Waals surface area (Å²) >= 11 is 5.37. The van der Waals surface area contributed by atoms with Gasteiger partial charge in [0.2, 0.25) is 0 Å². The van der Waals surface area contributed by atoms with Gasteiger partial charge >= 0.3 is 0 Å². The van der Waals surface area contributed by atoms with Crippen molar-refractivity contribution in [1.29, 1.82) is 0 Å². The Bertz CT molecular complexity index is 80.1. The lowest BCUT2D eigenvalue weighted by Gasteiger charge is -2.17. The van der Waals surface area contributed by atoms with Crippen LogP contribution in [0.5, 0.6) is 0 Å². The van der Waals surface area contributed by atoms with E-state index < -0.39 is 6.43 Å². The highest BCUT2D eigenvalue weighted by molar-refractivity contribution is 6.18. The van der Waals surface area contributed by atoms with Gasteiger partial charge in [0.15, 0.2) is 0 Å². The van der Waals surface area contributed by atoms with Gasteiger partial charge in [-0.25, -0.2) is 8.78 Å². The van der Waals surface area contributed by atoms with E-state index in [4.69, 9.17) is 11.6 Å². The fraction of sp³-hybridized carbons (Fsp3) is 1.00. The molecule has 0 saturated heterocycles. The number of hydrogen-bond donors (Lipinski definition) is 0. The predicted molar refractivity (Wildman–Crippen MR) is 38.8 cm³/mol. The normalized spacial score (nSPS) is 11.4. The number of nitrogens with zero attached hydrogens (tertiary/aromatic N) is 1. The summed E-state index contributed by atoms with van der Waals surface area (Å²) in [4.78, 5) is 1.62. The second-order valence-electron chi connectivity index (χ2n) is 1.97. The summed E-state index contributed by atoms with van der Waals surface area (Å²) in [6, 6.07) is 0. The Morgan fingerprint density at radius 3 is 2.40 bits per heavy atom. The maximum atomic E-state index is 11.7. The van der Waals surface area contributed by atoms with Crippen molar-refractivity contribution in [2.45, 2.75) is 13.3 Å². The van der Waals surface area contributed by atoms with Crippen LogP contribution < -0.4 is 0 Å². The SMILES string of the molecule is CCN(CCCl)CC(F)F. The third-order valence-corrected chi connectivity index (χ3v) is 1.41. The van der Waals surface area contributed by atoms with Gasteiger partial charge in [-0.3, -0.25) is 4.90 Å². The van der Waals surface area contributed by atoms with Gasteiger partial charge in [0.1, 0.15) is 0 Å². The van der Waals surface area contributed by atoms with Gasteiger partial charge in [-0.05, 0) is 6.54 Å². The van der Waals surface area contributed by atoms with Crippen LogP contribution in [0.2, 0.25) is 0 Å². The van der Waals surface area contributed by atoms with Crippen molar-refractivity contribution < 1.29 is 8.78 Å². The van der Waals surface area contributed by atoms with Crippen molar-refractivity contribution in [3.05, 3.63) is 0 Å². The number of halogens is 3. The molecule has 0 aromatic heterocycles. The van der Waals surface area contributed by atoms with Gasteiger partial charge in [-0.15, -0.1) is 11.6 Å². The molecular weight excluding hydrogens is 160 g/mol. The summed E-state index contributed by atoms with van der Waals surface area (Å²) in [5, 5.41) is 0. The molecular formula is C6H12ClF2N. The Morgan fingerprint density at radius 1 is 1.50 bits per heavy atom. The van der Waals surface area contributed by atoms with E-state index in [0.717, 1.165) is 0 Å². The highest BCUT2D eigenvalue weighted by atomic mass is 35.5. The lowest BCUT2D eigenvalue weighted by atomic mass is 10.5. The molecule has 62 valence electrons. The van der Waals surface area contributed by atoms with Crippen molar-refractivity contribution in [3.63, 3.8) is 0 Å². The van der Waals surface area contributed by atoms with E-state index in [9.17, 15) is 8.78 Å². The highest BCUT2D eigenvalue weighted by Gasteiger charge is 2.08. The van der Waals surface area contributed by atoms with Crippen LogP contribution in [0, 0.1) is 0 Å². The molecule has 0 atom stereocenters. The molecule has 0 spiro atoms. The first kappa shape index (κ1) is 10.1. The van der Waals surface area contributed by atoms with Crippen molar-refractivity contribution in [3.8, 4) is 0 Å². The molecule has 0 heterocycles. The fourth-order valence-electron chi connectivity index (χ4n) is 0.693. The quantitative estimate of drug-likeness (QED) is 0.571. The van der Waals surface area contributed by atoms with Gasteiger partial charge in [0, 0.05) is 12.4 Å². The molecule has 0 N–H and O–H groups in total. The van der Waals surface area contributed by atoms with Crippen molar-refractivity contribution >= 4 is 11.6 Å². The summed E-state index contributed by atoms with van der Waals surface area (Å²) in [5.41, 5.74) is 0. The lowest BCUT2D eigenvalue weighted by molar-refractivity contribution is 0.0938. The maximum absolute atomic E-state index is 11.7. The van der Waals surface area contributed by atoms with Gasteiger partial charge in [-0.2, -0.15) is 0 Å². The Labute approximate surface area is 65.0 Å². The molecule has 1 nitrogen and oxygen atoms in total. The molecule has 0 aromatic carbocycles. The third-order valence-electron chi connectivity index (χ3n) is 1.24. The Hall–Kier alpha value is 0.110. The third kappa shape index (κ3) is 4.94. The number of alkyl halides is 3. The first-order chi connectivity index (χ1) is 4.70. The molecule has 0 fully saturated rings. The lowest BCUT2D eigenvalue weighted by Crippen LogP contribution is -2.30. The van der Waals surface area contributed by atoms with Crippen LogP contribution in [0.15, 0.2) is 0 Å². The van der Waals surface area contributed by atoms with E-state index in [1.165, 1.54) is 0 Å². The zero-order valence-corrected chi connectivity index (χ0v) is 6.74. The van der Waals surface area contributed by atoms with E-state index in [1.807, 2.05) is 6.92 Å². The molecule has 0 amide bonds. The minimum Gasteiger partial charge on any atom is -0.297 e. The average Bonchev–Trinajstić information content (AvgIpc) is 1.86. The standard InChI is InChI=1S/C6H12ClF2N/c1-2-10(4-3-7)5-6(8)9/h6H,2-5H2,1H3. The van der Waals surface area contributed by atoms with E-state index >= 15 is 0 Å². The molecule has 4 heteroatoms. The Kier molecular flexibility index (Phi) is 5.93. The monoisotopic (exact) mass is 171 g/mol. The first-order valence-electron chi connectivity index (χ1n) is 3.27. The summed E-state index contributed by atoms with van der Waals surface area (Å²) in [6.45, 7) is 2.86. The minimum atomic E-state index is -2.25. The molecule has 0 aromatic rings. The summed E-state index contributed by atoms with van der Waals surface area (Å²) in [7, 11) is 0. The van der Waals surface area contributed by atoms with Crippen LogP contribution in [0.3, 0.4) is 0 Å². The summed E-state index contributed by atoms with van der Waals surface area (Å²) in [6.07, 6.45) is -2.25. The minimum absolute atomic E-state index is 0.163. The summed E-state index contributed by atoms with van der Waals surface area (Å²) < 4.78 is 23.4. The van der Waals surface area contributed by atoms with E-state index in [1.54, 1.807) is 4.90 Å². The van der Waals surface area contributed by atoms with Crippen LogP contribution >= 0.6 is 11.6 Å². The number of rotatable bonds is 5. The van der Waals surface area contributed by atoms with Crippen molar-refractivity contribution in [2.75, 3.05) is 25.5 Å². The topological polar surface area (TPSA) is 3.24 Å². The van der Waals surface area contributed by atoms with Crippen LogP contribution in [0.25, 0.3) is 0 Å². The smallest absolute Gasteiger partial charge is 0.251 e. The van der Waals surface area contributed by atoms with Gasteiger partial charge < -0.3 is 0 Å². The van der Waals surface area contributed by atoms with Crippen molar-refractivity contribution in [2.24, 2.45) is 0 Å². The molecule has 10 heavy (non-hydrogen) atoms. The second kappa shape index (κ2) is 5.86. The van der Waals surface area contributed by atoms with Crippen LogP contribution in [0.4, 0.5) is 8.78 Å². The van der Waals surface area contributed by atoms with Gasteiger partial charge in [0.05, 0.1) is 6.54 Å². The average molecular weight is 172 g/mol. The molecule has 0 rings (SSSR count). The second-order valence-corrected chi connectivity index (χ2v) is 2.35.